The molecule has 0 heterocycles. The second-order valence-electron chi connectivity index (χ2n) is 4.92. The van der Waals surface area contributed by atoms with Gasteiger partial charge < -0.3 is 10.0 Å². The Labute approximate surface area is 134 Å². The number of aliphatic carboxylic acids is 1. The van der Waals surface area contributed by atoms with E-state index in [1.807, 2.05) is 30.3 Å². The smallest absolute Gasteiger partial charge is 0.320 e. The van der Waals surface area contributed by atoms with Gasteiger partial charge in [-0.1, -0.05) is 42.5 Å². The molecular weight excluding hydrogens is 298 g/mol. The summed E-state index contributed by atoms with van der Waals surface area (Å²) in [7, 11) is 0. The molecule has 0 spiro atoms. The fourth-order valence-corrected chi connectivity index (χ4v) is 2.30. The fraction of sp³-hybridized carbons (Fsp3) is 0.176. The molecule has 1 amide bonds. The van der Waals surface area contributed by atoms with E-state index in [-0.39, 0.29) is 5.91 Å². The number of carbonyl (C=O) groups is 2. The largest absolute Gasteiger partial charge is 0.480 e. The molecular formula is C17H17NO3S. The predicted octanol–water partition coefficient (Wildman–Crippen LogP) is 3.30. The molecule has 1 unspecified atom stereocenters. The number of carboxylic acid groups (broad SMARTS) is 1. The maximum Gasteiger partial charge on any atom is 0.320 e. The normalized spacial score (nSPS) is 11.7. The average molecular weight is 315 g/mol. The van der Waals surface area contributed by atoms with E-state index in [2.05, 4.69) is 12.6 Å². The molecule has 2 aromatic carbocycles. The van der Waals surface area contributed by atoms with Crippen LogP contribution in [-0.4, -0.2) is 17.0 Å². The van der Waals surface area contributed by atoms with Crippen LogP contribution >= 0.6 is 12.6 Å². The monoisotopic (exact) mass is 315 g/mol. The first-order valence-electron chi connectivity index (χ1n) is 6.82. The van der Waals surface area contributed by atoms with Gasteiger partial charge >= 0.3 is 5.97 Å². The summed E-state index contributed by atoms with van der Waals surface area (Å²) < 4.78 is 0. The van der Waals surface area contributed by atoms with Crippen LogP contribution in [0.25, 0.3) is 0 Å². The highest BCUT2D eigenvalue weighted by molar-refractivity contribution is 7.81. The molecule has 2 aromatic rings. The standard InChI is InChI=1S/C17H17NO3S/c1-12(19)18(11-13-5-3-2-4-6-13)15-9-7-14(8-10-15)16(22)17(20)21/h2-10,16,22H,11H2,1H3,(H,20,21). The lowest BCUT2D eigenvalue weighted by molar-refractivity contribution is -0.136. The molecule has 0 saturated carbocycles. The summed E-state index contributed by atoms with van der Waals surface area (Å²) in [5.41, 5.74) is 2.34. The summed E-state index contributed by atoms with van der Waals surface area (Å²) in [6.45, 7) is 1.98. The van der Waals surface area contributed by atoms with Crippen molar-refractivity contribution in [3.05, 3.63) is 65.7 Å². The van der Waals surface area contributed by atoms with Crippen LogP contribution in [0.15, 0.2) is 54.6 Å². The van der Waals surface area contributed by atoms with Gasteiger partial charge in [0.05, 0.1) is 6.54 Å². The number of rotatable bonds is 5. The zero-order chi connectivity index (χ0) is 16.1. The molecule has 0 aliphatic carbocycles. The van der Waals surface area contributed by atoms with Crippen molar-refractivity contribution in [1.82, 2.24) is 0 Å². The lowest BCUT2D eigenvalue weighted by atomic mass is 10.1. The van der Waals surface area contributed by atoms with E-state index in [1.54, 1.807) is 29.2 Å². The topological polar surface area (TPSA) is 57.6 Å². The Balaban J connectivity index is 2.22. The number of thiol groups is 1. The van der Waals surface area contributed by atoms with Gasteiger partial charge in [-0.3, -0.25) is 9.59 Å². The van der Waals surface area contributed by atoms with Crippen molar-refractivity contribution in [3.8, 4) is 0 Å². The average Bonchev–Trinajstić information content (AvgIpc) is 2.53. The van der Waals surface area contributed by atoms with Gasteiger partial charge in [-0.25, -0.2) is 0 Å². The molecule has 0 fully saturated rings. The summed E-state index contributed by atoms with van der Waals surface area (Å²) in [4.78, 5) is 24.5. The summed E-state index contributed by atoms with van der Waals surface area (Å²) >= 11 is 4.04. The van der Waals surface area contributed by atoms with Crippen LogP contribution in [-0.2, 0) is 16.1 Å². The van der Waals surface area contributed by atoms with E-state index in [9.17, 15) is 9.59 Å². The third kappa shape index (κ3) is 3.89. The number of hydrogen-bond donors (Lipinski definition) is 2. The van der Waals surface area contributed by atoms with Crippen molar-refractivity contribution >= 4 is 30.2 Å². The summed E-state index contributed by atoms with van der Waals surface area (Å²) in [5, 5.41) is 8.09. The first kappa shape index (κ1) is 16.1. The van der Waals surface area contributed by atoms with E-state index >= 15 is 0 Å². The fourth-order valence-electron chi connectivity index (χ4n) is 2.13. The number of hydrogen-bond acceptors (Lipinski definition) is 3. The number of carboxylic acids is 1. The number of benzene rings is 2. The van der Waals surface area contributed by atoms with Gasteiger partial charge in [-0.05, 0) is 23.3 Å². The van der Waals surface area contributed by atoms with Crippen molar-refractivity contribution in [1.29, 1.82) is 0 Å². The molecule has 0 bridgehead atoms. The van der Waals surface area contributed by atoms with E-state index in [0.717, 1.165) is 11.3 Å². The molecule has 0 aromatic heterocycles. The van der Waals surface area contributed by atoms with Gasteiger partial charge in [0.15, 0.2) is 0 Å². The molecule has 0 aliphatic rings. The third-order valence-corrected chi connectivity index (χ3v) is 3.84. The lowest BCUT2D eigenvalue weighted by Gasteiger charge is -2.22. The highest BCUT2D eigenvalue weighted by Crippen LogP contribution is 2.24. The Kier molecular flexibility index (Phi) is 5.22. The zero-order valence-corrected chi connectivity index (χ0v) is 13.0. The van der Waals surface area contributed by atoms with Crippen molar-refractivity contribution < 1.29 is 14.7 Å². The second kappa shape index (κ2) is 7.13. The number of nitrogens with zero attached hydrogens (tertiary/aromatic N) is 1. The Hall–Kier alpha value is -2.27. The quantitative estimate of drug-likeness (QED) is 0.832. The molecule has 0 saturated heterocycles. The molecule has 5 heteroatoms. The minimum absolute atomic E-state index is 0.0720. The van der Waals surface area contributed by atoms with Crippen LogP contribution in [0.4, 0.5) is 5.69 Å². The van der Waals surface area contributed by atoms with Gasteiger partial charge in [-0.15, -0.1) is 0 Å². The van der Waals surface area contributed by atoms with Crippen LogP contribution in [0.5, 0.6) is 0 Å². The number of anilines is 1. The Morgan fingerprint density at radius 2 is 1.68 bits per heavy atom. The Bertz CT molecular complexity index is 655. The van der Waals surface area contributed by atoms with Gasteiger partial charge in [0.1, 0.15) is 5.25 Å². The first-order valence-corrected chi connectivity index (χ1v) is 7.33. The van der Waals surface area contributed by atoms with Gasteiger partial charge in [0, 0.05) is 12.6 Å². The molecule has 1 N–H and O–H groups in total. The van der Waals surface area contributed by atoms with E-state index in [1.165, 1.54) is 6.92 Å². The van der Waals surface area contributed by atoms with Crippen LogP contribution in [0.3, 0.4) is 0 Å². The van der Waals surface area contributed by atoms with E-state index in [0.29, 0.717) is 12.1 Å². The van der Waals surface area contributed by atoms with Gasteiger partial charge in [0.25, 0.3) is 0 Å². The summed E-state index contributed by atoms with van der Waals surface area (Å²) in [6, 6.07) is 16.5. The summed E-state index contributed by atoms with van der Waals surface area (Å²) in [5.74, 6) is -1.07. The first-order chi connectivity index (χ1) is 10.5. The van der Waals surface area contributed by atoms with Crippen molar-refractivity contribution in [2.24, 2.45) is 0 Å². The minimum Gasteiger partial charge on any atom is -0.480 e. The molecule has 1 atom stereocenters. The Morgan fingerprint density at radius 3 is 2.18 bits per heavy atom. The zero-order valence-electron chi connectivity index (χ0n) is 12.1. The maximum atomic E-state index is 11.9. The number of amides is 1. The van der Waals surface area contributed by atoms with Gasteiger partial charge in [0.2, 0.25) is 5.91 Å². The second-order valence-corrected chi connectivity index (χ2v) is 5.44. The van der Waals surface area contributed by atoms with Crippen molar-refractivity contribution in [3.63, 3.8) is 0 Å². The van der Waals surface area contributed by atoms with Gasteiger partial charge in [-0.2, -0.15) is 12.6 Å². The van der Waals surface area contributed by atoms with Crippen LogP contribution < -0.4 is 4.90 Å². The molecule has 0 aliphatic heterocycles. The molecule has 2 rings (SSSR count). The lowest BCUT2D eigenvalue weighted by Crippen LogP contribution is -2.27. The predicted molar refractivity (Wildman–Crippen MR) is 89.1 cm³/mol. The molecule has 0 radical (unpaired) electrons. The van der Waals surface area contributed by atoms with E-state index < -0.39 is 11.2 Å². The highest BCUT2D eigenvalue weighted by atomic mass is 32.1. The third-order valence-electron chi connectivity index (χ3n) is 3.32. The molecule has 114 valence electrons. The van der Waals surface area contributed by atoms with E-state index in [4.69, 9.17) is 5.11 Å². The van der Waals surface area contributed by atoms with Crippen LogP contribution in [0, 0.1) is 0 Å². The minimum atomic E-state index is -0.996. The van der Waals surface area contributed by atoms with Crippen molar-refractivity contribution in [2.75, 3.05) is 4.90 Å². The SMILES string of the molecule is CC(=O)N(Cc1ccccc1)c1ccc(C(S)C(=O)O)cc1. The number of carbonyl (C=O) groups excluding carboxylic acids is 1. The van der Waals surface area contributed by atoms with Crippen molar-refractivity contribution in [2.45, 2.75) is 18.7 Å². The summed E-state index contributed by atoms with van der Waals surface area (Å²) in [6.07, 6.45) is 0. The van der Waals surface area contributed by atoms with Crippen LogP contribution in [0.1, 0.15) is 23.3 Å². The Morgan fingerprint density at radius 1 is 1.09 bits per heavy atom. The molecule has 4 nitrogen and oxygen atoms in total. The highest BCUT2D eigenvalue weighted by Gasteiger charge is 2.16. The molecule has 22 heavy (non-hydrogen) atoms. The maximum absolute atomic E-state index is 11.9. The van der Waals surface area contributed by atoms with Crippen LogP contribution in [0.2, 0.25) is 0 Å².